The summed E-state index contributed by atoms with van der Waals surface area (Å²) in [6.07, 6.45) is 1.16. The number of benzene rings is 1. The van der Waals surface area contributed by atoms with E-state index in [1.54, 1.807) is 6.92 Å². The molecule has 1 aliphatic carbocycles. The highest BCUT2D eigenvalue weighted by molar-refractivity contribution is 8.00. The fourth-order valence-electron chi connectivity index (χ4n) is 2.20. The van der Waals surface area contributed by atoms with Crippen LogP contribution in [0.25, 0.3) is 0 Å². The van der Waals surface area contributed by atoms with Crippen LogP contribution in [0.3, 0.4) is 0 Å². The van der Waals surface area contributed by atoms with E-state index in [9.17, 15) is 14.4 Å². The van der Waals surface area contributed by atoms with Crippen molar-refractivity contribution in [2.45, 2.75) is 45.8 Å². The maximum Gasteiger partial charge on any atom is 0.316 e. The van der Waals surface area contributed by atoms with Crippen LogP contribution in [-0.4, -0.2) is 41.4 Å². The average Bonchev–Trinajstić information content (AvgIpc) is 3.34. The Kier molecular flexibility index (Phi) is 6.87. The Bertz CT molecular complexity index is 658. The summed E-state index contributed by atoms with van der Waals surface area (Å²) in [5.74, 6) is -0.771. The Balaban J connectivity index is 1.65. The molecule has 0 spiro atoms. The number of nitrogens with one attached hydrogen (secondary N) is 2. The van der Waals surface area contributed by atoms with Crippen molar-refractivity contribution in [3.63, 3.8) is 0 Å². The molecule has 136 valence electrons. The second kappa shape index (κ2) is 8.89. The quantitative estimate of drug-likeness (QED) is 0.691. The molecule has 2 amide bonds. The monoisotopic (exact) mass is 364 g/mol. The van der Waals surface area contributed by atoms with Crippen LogP contribution in [-0.2, 0) is 19.1 Å². The molecule has 2 N–H and O–H groups in total. The maximum absolute atomic E-state index is 11.9. The van der Waals surface area contributed by atoms with Crippen molar-refractivity contribution < 1.29 is 19.1 Å². The Morgan fingerprint density at radius 3 is 2.60 bits per heavy atom. The highest BCUT2D eigenvalue weighted by atomic mass is 32.2. The average molecular weight is 364 g/mol. The van der Waals surface area contributed by atoms with E-state index >= 15 is 0 Å². The van der Waals surface area contributed by atoms with Gasteiger partial charge in [-0.2, -0.15) is 0 Å². The first-order chi connectivity index (χ1) is 11.8. The molecule has 0 radical (unpaired) electrons. The minimum atomic E-state index is -0.808. The van der Waals surface area contributed by atoms with E-state index in [2.05, 4.69) is 10.6 Å². The van der Waals surface area contributed by atoms with Crippen LogP contribution in [0, 0.1) is 13.8 Å². The zero-order valence-electron chi connectivity index (χ0n) is 14.8. The van der Waals surface area contributed by atoms with Crippen LogP contribution in [0.5, 0.6) is 0 Å². The van der Waals surface area contributed by atoms with Gasteiger partial charge in [0.05, 0.1) is 11.5 Å². The normalized spacial score (nSPS) is 14.5. The van der Waals surface area contributed by atoms with Crippen LogP contribution < -0.4 is 10.6 Å². The molecular weight excluding hydrogens is 340 g/mol. The van der Waals surface area contributed by atoms with Gasteiger partial charge in [0.25, 0.3) is 5.91 Å². The second-order valence-electron chi connectivity index (χ2n) is 6.27. The van der Waals surface area contributed by atoms with Crippen molar-refractivity contribution >= 4 is 35.2 Å². The summed E-state index contributed by atoms with van der Waals surface area (Å²) in [5, 5.41) is 5.61. The van der Waals surface area contributed by atoms with Gasteiger partial charge in [0, 0.05) is 11.7 Å². The summed E-state index contributed by atoms with van der Waals surface area (Å²) in [7, 11) is 0. The minimum Gasteiger partial charge on any atom is -0.452 e. The van der Waals surface area contributed by atoms with E-state index in [1.807, 2.05) is 32.0 Å². The highest BCUT2D eigenvalue weighted by Crippen LogP contribution is 2.19. The lowest BCUT2D eigenvalue weighted by Gasteiger charge is -2.13. The van der Waals surface area contributed by atoms with E-state index in [4.69, 9.17) is 4.74 Å². The molecule has 6 nitrogen and oxygen atoms in total. The van der Waals surface area contributed by atoms with Crippen LogP contribution in [0.2, 0.25) is 0 Å². The first-order valence-corrected chi connectivity index (χ1v) is 9.45. The van der Waals surface area contributed by atoms with Crippen molar-refractivity contribution in [2.24, 2.45) is 0 Å². The molecule has 7 heteroatoms. The zero-order valence-corrected chi connectivity index (χ0v) is 15.6. The van der Waals surface area contributed by atoms with Crippen molar-refractivity contribution in [3.05, 3.63) is 29.3 Å². The van der Waals surface area contributed by atoms with Gasteiger partial charge in [-0.25, -0.2) is 0 Å². The zero-order chi connectivity index (χ0) is 18.4. The molecule has 0 saturated heterocycles. The molecule has 2 rings (SSSR count). The highest BCUT2D eigenvalue weighted by Gasteiger charge is 2.27. The van der Waals surface area contributed by atoms with Gasteiger partial charge < -0.3 is 15.4 Å². The number of thioether (sulfide) groups is 1. The smallest absolute Gasteiger partial charge is 0.316 e. The van der Waals surface area contributed by atoms with E-state index < -0.39 is 12.1 Å². The molecule has 1 aliphatic rings. The standard InChI is InChI=1S/C18H24N2O4S/c1-11-4-7-15(12(2)8-11)20-16(21)9-25-10-17(22)24-13(3)18(23)19-14-5-6-14/h4,7-8,13-14H,5-6,9-10H2,1-3H3,(H,19,23)(H,20,21)/t13-/m1/s1. The summed E-state index contributed by atoms with van der Waals surface area (Å²) in [6.45, 7) is 5.47. The largest absolute Gasteiger partial charge is 0.452 e. The Labute approximate surface area is 152 Å². The third-order valence-corrected chi connectivity index (χ3v) is 4.62. The first-order valence-electron chi connectivity index (χ1n) is 8.30. The van der Waals surface area contributed by atoms with E-state index in [0.717, 1.165) is 41.4 Å². The third kappa shape index (κ3) is 6.78. The molecule has 0 bridgehead atoms. The number of hydrogen-bond donors (Lipinski definition) is 2. The van der Waals surface area contributed by atoms with Gasteiger partial charge in [0.1, 0.15) is 0 Å². The SMILES string of the molecule is Cc1ccc(NC(=O)CSCC(=O)O[C@H](C)C(=O)NC2CC2)c(C)c1. The Morgan fingerprint density at radius 1 is 1.24 bits per heavy atom. The predicted molar refractivity (Wildman–Crippen MR) is 98.6 cm³/mol. The van der Waals surface area contributed by atoms with E-state index in [1.165, 1.54) is 0 Å². The number of aryl methyl sites for hydroxylation is 2. The predicted octanol–water partition coefficient (Wildman–Crippen LogP) is 2.19. The number of hydrogen-bond acceptors (Lipinski definition) is 5. The lowest BCUT2D eigenvalue weighted by atomic mass is 10.1. The van der Waals surface area contributed by atoms with Gasteiger partial charge >= 0.3 is 5.97 Å². The molecule has 25 heavy (non-hydrogen) atoms. The van der Waals surface area contributed by atoms with Crippen molar-refractivity contribution in [1.29, 1.82) is 0 Å². The molecule has 1 aromatic carbocycles. The van der Waals surface area contributed by atoms with E-state index in [-0.39, 0.29) is 29.4 Å². The van der Waals surface area contributed by atoms with Gasteiger partial charge in [0.15, 0.2) is 6.10 Å². The number of amides is 2. The van der Waals surface area contributed by atoms with Crippen LogP contribution in [0.1, 0.15) is 30.9 Å². The molecule has 0 unspecified atom stereocenters. The Morgan fingerprint density at radius 2 is 1.96 bits per heavy atom. The maximum atomic E-state index is 11.9. The molecule has 0 aromatic heterocycles. The van der Waals surface area contributed by atoms with Gasteiger partial charge in [-0.15, -0.1) is 11.8 Å². The van der Waals surface area contributed by atoms with Gasteiger partial charge in [-0.3, -0.25) is 14.4 Å². The fourth-order valence-corrected chi connectivity index (χ4v) is 2.79. The van der Waals surface area contributed by atoms with Gasteiger partial charge in [-0.1, -0.05) is 17.7 Å². The molecular formula is C18H24N2O4S. The van der Waals surface area contributed by atoms with Crippen molar-refractivity contribution in [1.82, 2.24) is 5.32 Å². The van der Waals surface area contributed by atoms with Gasteiger partial charge in [0.2, 0.25) is 5.91 Å². The summed E-state index contributed by atoms with van der Waals surface area (Å²) in [5.41, 5.74) is 2.89. The van der Waals surface area contributed by atoms with Crippen LogP contribution in [0.15, 0.2) is 18.2 Å². The first kappa shape index (κ1) is 19.3. The number of ether oxygens (including phenoxy) is 1. The van der Waals surface area contributed by atoms with E-state index in [0.29, 0.717) is 0 Å². The Hall–Kier alpha value is -2.02. The topological polar surface area (TPSA) is 84.5 Å². The molecule has 0 heterocycles. The summed E-state index contributed by atoms with van der Waals surface area (Å²) < 4.78 is 5.07. The number of anilines is 1. The molecule has 1 aromatic rings. The molecule has 1 saturated carbocycles. The minimum absolute atomic E-state index is 0.0291. The fraction of sp³-hybridized carbons (Fsp3) is 0.500. The summed E-state index contributed by atoms with van der Waals surface area (Å²) in [4.78, 5) is 35.4. The molecule has 1 fully saturated rings. The number of esters is 1. The lowest BCUT2D eigenvalue weighted by molar-refractivity contribution is -0.152. The van der Waals surface area contributed by atoms with Crippen molar-refractivity contribution in [2.75, 3.05) is 16.8 Å². The van der Waals surface area contributed by atoms with Crippen molar-refractivity contribution in [3.8, 4) is 0 Å². The number of carbonyl (C=O) groups excluding carboxylic acids is 3. The molecule has 0 aliphatic heterocycles. The molecule has 1 atom stereocenters. The summed E-state index contributed by atoms with van der Waals surface area (Å²) >= 11 is 1.16. The lowest BCUT2D eigenvalue weighted by Crippen LogP contribution is -2.37. The summed E-state index contributed by atoms with van der Waals surface area (Å²) in [6, 6.07) is 6.02. The number of carbonyl (C=O) groups is 3. The van der Waals surface area contributed by atoms with Crippen LogP contribution >= 0.6 is 11.8 Å². The number of rotatable bonds is 8. The van der Waals surface area contributed by atoms with Gasteiger partial charge in [-0.05, 0) is 45.2 Å². The van der Waals surface area contributed by atoms with Crippen LogP contribution in [0.4, 0.5) is 5.69 Å². The third-order valence-electron chi connectivity index (χ3n) is 3.71. The second-order valence-corrected chi connectivity index (χ2v) is 7.26.